The molecule has 0 aliphatic heterocycles. The molecule has 1 heterocycles. The lowest BCUT2D eigenvalue weighted by Gasteiger charge is -2.12. The van der Waals surface area contributed by atoms with Gasteiger partial charge in [0.2, 0.25) is 5.78 Å². The maximum absolute atomic E-state index is 12.4. The molecule has 0 unspecified atom stereocenters. The van der Waals surface area contributed by atoms with E-state index in [0.717, 1.165) is 17.4 Å². The largest absolute Gasteiger partial charge is 0.508 e. The number of hydrogen-bond donors (Lipinski definition) is 1. The number of ether oxygens (including phenoxy) is 1. The number of hydrogen-bond acceptors (Lipinski definition) is 5. The van der Waals surface area contributed by atoms with Crippen molar-refractivity contribution in [3.8, 4) is 5.75 Å². The highest BCUT2D eigenvalue weighted by Gasteiger charge is 2.20. The molecule has 1 N–H and O–H groups in total. The van der Waals surface area contributed by atoms with Crippen LogP contribution < -0.4 is 0 Å². The fourth-order valence-corrected chi connectivity index (χ4v) is 2.80. The second-order valence-corrected chi connectivity index (χ2v) is 6.16. The number of aromatic hydroxyl groups is 1. The number of phenolic OH excluding ortho intramolecular Hbond substituents is 1. The molecular weight excluding hydrogens is 332 g/mol. The van der Waals surface area contributed by atoms with Crippen molar-refractivity contribution in [3.63, 3.8) is 0 Å². The molecule has 3 rings (SSSR count). The summed E-state index contributed by atoms with van der Waals surface area (Å²) in [6.07, 6.45) is 1.48. The van der Waals surface area contributed by atoms with E-state index in [1.165, 1.54) is 18.4 Å². The monoisotopic (exact) mass is 352 g/mol. The number of aryl methyl sites for hydroxylation is 1. The van der Waals surface area contributed by atoms with E-state index in [9.17, 15) is 14.7 Å². The van der Waals surface area contributed by atoms with Crippen LogP contribution in [0.4, 0.5) is 0 Å². The minimum Gasteiger partial charge on any atom is -0.508 e. The van der Waals surface area contributed by atoms with Gasteiger partial charge >= 0.3 is 5.97 Å². The zero-order valence-corrected chi connectivity index (χ0v) is 14.7. The Morgan fingerprint density at radius 1 is 1.15 bits per heavy atom. The fraction of sp³-hybridized carbons (Fsp3) is 0.238. The summed E-state index contributed by atoms with van der Waals surface area (Å²) < 4.78 is 10.6. The van der Waals surface area contributed by atoms with E-state index in [0.29, 0.717) is 16.7 Å². The van der Waals surface area contributed by atoms with Crippen molar-refractivity contribution in [2.75, 3.05) is 0 Å². The number of benzene rings is 2. The fourth-order valence-electron chi connectivity index (χ4n) is 2.80. The molecule has 0 bridgehead atoms. The van der Waals surface area contributed by atoms with E-state index < -0.39 is 12.1 Å². The number of carbonyl (C=O) groups excluding carboxylic acids is 2. The zero-order chi connectivity index (χ0) is 18.7. The Kier molecular flexibility index (Phi) is 5.07. The molecule has 0 saturated heterocycles. The number of ketones is 1. The first-order valence-electron chi connectivity index (χ1n) is 8.49. The van der Waals surface area contributed by atoms with Gasteiger partial charge in [-0.1, -0.05) is 31.2 Å². The predicted molar refractivity (Wildman–Crippen MR) is 97.3 cm³/mol. The molecule has 0 aliphatic carbocycles. The number of esters is 1. The Morgan fingerprint density at radius 3 is 2.58 bits per heavy atom. The van der Waals surface area contributed by atoms with Gasteiger partial charge in [-0.2, -0.15) is 0 Å². The molecule has 26 heavy (non-hydrogen) atoms. The van der Waals surface area contributed by atoms with Gasteiger partial charge in [0, 0.05) is 22.6 Å². The van der Waals surface area contributed by atoms with E-state index in [1.807, 2.05) is 19.1 Å². The highest BCUT2D eigenvalue weighted by Crippen LogP contribution is 2.25. The number of phenols is 1. The summed E-state index contributed by atoms with van der Waals surface area (Å²) in [4.78, 5) is 24.6. The van der Waals surface area contributed by atoms with Gasteiger partial charge in [-0.3, -0.25) is 9.59 Å². The van der Waals surface area contributed by atoms with Crippen LogP contribution in [0.3, 0.4) is 0 Å². The molecule has 134 valence electrons. The Balaban J connectivity index is 1.65. The SMILES string of the molecule is CCc1ccc(C(=O)[C@H](C)OC(=O)Cc2coc3cc(O)ccc23)cc1. The number of rotatable bonds is 6. The summed E-state index contributed by atoms with van der Waals surface area (Å²) in [5.74, 6) is -0.649. The van der Waals surface area contributed by atoms with Gasteiger partial charge < -0.3 is 14.3 Å². The normalized spacial score (nSPS) is 12.1. The lowest BCUT2D eigenvalue weighted by Crippen LogP contribution is -2.25. The van der Waals surface area contributed by atoms with Crippen molar-refractivity contribution in [1.82, 2.24) is 0 Å². The van der Waals surface area contributed by atoms with Gasteiger partial charge in [-0.05, 0) is 31.0 Å². The molecule has 0 amide bonds. The minimum absolute atomic E-state index is 0.00975. The smallest absolute Gasteiger partial charge is 0.311 e. The van der Waals surface area contributed by atoms with Crippen molar-refractivity contribution >= 4 is 22.7 Å². The Morgan fingerprint density at radius 2 is 1.88 bits per heavy atom. The summed E-state index contributed by atoms with van der Waals surface area (Å²) in [6, 6.07) is 12.0. The quantitative estimate of drug-likeness (QED) is 0.535. The standard InChI is InChI=1S/C21H20O5/c1-3-14-4-6-15(7-5-14)21(24)13(2)26-20(23)10-16-12-25-19-11-17(22)8-9-18(16)19/h4-9,11-13,22H,3,10H2,1-2H3/t13-/m0/s1. The number of carbonyl (C=O) groups is 2. The second-order valence-electron chi connectivity index (χ2n) is 6.16. The van der Waals surface area contributed by atoms with E-state index in [4.69, 9.17) is 9.15 Å². The van der Waals surface area contributed by atoms with E-state index >= 15 is 0 Å². The summed E-state index contributed by atoms with van der Waals surface area (Å²) in [5, 5.41) is 10.2. The van der Waals surface area contributed by atoms with Gasteiger partial charge in [0.15, 0.2) is 6.10 Å². The molecule has 3 aromatic rings. The molecule has 0 fully saturated rings. The first-order valence-corrected chi connectivity index (χ1v) is 8.49. The summed E-state index contributed by atoms with van der Waals surface area (Å²) in [7, 11) is 0. The second kappa shape index (κ2) is 7.44. The van der Waals surface area contributed by atoms with Gasteiger partial charge in [0.25, 0.3) is 0 Å². The molecule has 1 aromatic heterocycles. The number of Topliss-reactive ketones (excluding diaryl/α,β-unsaturated/α-hetero) is 1. The van der Waals surface area contributed by atoms with Crippen LogP contribution in [0.25, 0.3) is 11.0 Å². The van der Waals surface area contributed by atoms with Gasteiger partial charge in [-0.25, -0.2) is 0 Å². The van der Waals surface area contributed by atoms with Gasteiger partial charge in [-0.15, -0.1) is 0 Å². The van der Waals surface area contributed by atoms with E-state index in [1.54, 1.807) is 25.1 Å². The number of fused-ring (bicyclic) bond motifs is 1. The minimum atomic E-state index is -0.864. The maximum Gasteiger partial charge on any atom is 0.311 e. The van der Waals surface area contributed by atoms with Crippen LogP contribution in [-0.4, -0.2) is 23.0 Å². The highest BCUT2D eigenvalue weighted by atomic mass is 16.5. The molecule has 0 saturated carbocycles. The van der Waals surface area contributed by atoms with Gasteiger partial charge in [0.05, 0.1) is 12.7 Å². The molecular formula is C21H20O5. The van der Waals surface area contributed by atoms with Crippen LogP contribution in [-0.2, 0) is 22.4 Å². The molecule has 5 heteroatoms. The van der Waals surface area contributed by atoms with E-state index in [-0.39, 0.29) is 18.0 Å². The molecule has 2 aromatic carbocycles. The summed E-state index contributed by atoms with van der Waals surface area (Å²) in [6.45, 7) is 3.61. The molecule has 0 aliphatic rings. The first kappa shape index (κ1) is 17.7. The molecule has 1 atom stereocenters. The van der Waals surface area contributed by atoms with Crippen LogP contribution >= 0.6 is 0 Å². The van der Waals surface area contributed by atoms with Crippen LogP contribution in [0.5, 0.6) is 5.75 Å². The van der Waals surface area contributed by atoms with Crippen molar-refractivity contribution < 1.29 is 23.8 Å². The van der Waals surface area contributed by atoms with Gasteiger partial charge in [0.1, 0.15) is 11.3 Å². The average Bonchev–Trinajstić information content (AvgIpc) is 3.02. The third kappa shape index (κ3) is 3.77. The van der Waals surface area contributed by atoms with Crippen LogP contribution in [0.2, 0.25) is 0 Å². The molecule has 5 nitrogen and oxygen atoms in total. The average molecular weight is 352 g/mol. The Labute approximate surface area is 151 Å². The zero-order valence-electron chi connectivity index (χ0n) is 14.7. The number of furan rings is 1. The van der Waals surface area contributed by atoms with Crippen LogP contribution in [0, 0.1) is 0 Å². The third-order valence-electron chi connectivity index (χ3n) is 4.30. The van der Waals surface area contributed by atoms with Crippen LogP contribution in [0.15, 0.2) is 53.1 Å². The molecule has 0 spiro atoms. The van der Waals surface area contributed by atoms with Crippen molar-refractivity contribution in [2.45, 2.75) is 32.8 Å². The maximum atomic E-state index is 12.4. The lowest BCUT2D eigenvalue weighted by molar-refractivity contribution is -0.145. The van der Waals surface area contributed by atoms with Crippen LogP contribution in [0.1, 0.15) is 35.3 Å². The summed E-state index contributed by atoms with van der Waals surface area (Å²) in [5.41, 5.74) is 2.81. The summed E-state index contributed by atoms with van der Waals surface area (Å²) >= 11 is 0. The third-order valence-corrected chi connectivity index (χ3v) is 4.30. The predicted octanol–water partition coefficient (Wildman–Crippen LogP) is 4.06. The lowest BCUT2D eigenvalue weighted by atomic mass is 10.0. The Bertz CT molecular complexity index is 937. The van der Waals surface area contributed by atoms with Crippen molar-refractivity contribution in [1.29, 1.82) is 0 Å². The first-order chi connectivity index (χ1) is 12.5. The van der Waals surface area contributed by atoms with Crippen molar-refractivity contribution in [2.24, 2.45) is 0 Å². The topological polar surface area (TPSA) is 76.7 Å². The Hall–Kier alpha value is -3.08. The molecule has 0 radical (unpaired) electrons. The van der Waals surface area contributed by atoms with Crippen molar-refractivity contribution in [3.05, 3.63) is 65.4 Å². The van der Waals surface area contributed by atoms with E-state index in [2.05, 4.69) is 0 Å². The highest BCUT2D eigenvalue weighted by molar-refractivity contribution is 6.00.